The average Bonchev–Trinajstić information content (AvgIpc) is 2.89. The van der Waals surface area contributed by atoms with Gasteiger partial charge in [0.15, 0.2) is 0 Å². The van der Waals surface area contributed by atoms with E-state index in [0.717, 1.165) is 49.7 Å². The molecule has 0 amide bonds. The molecule has 0 heterocycles. The van der Waals surface area contributed by atoms with Crippen molar-refractivity contribution in [1.29, 1.82) is 0 Å². The second-order valence-electron chi connectivity index (χ2n) is 10.9. The minimum Gasteiger partial charge on any atom is -0.481 e. The predicted octanol–water partition coefficient (Wildman–Crippen LogP) is 7.85. The van der Waals surface area contributed by atoms with Crippen LogP contribution >= 0.6 is 0 Å². The third-order valence-corrected chi connectivity index (χ3v) is 7.19. The van der Waals surface area contributed by atoms with Crippen molar-refractivity contribution in [3.05, 3.63) is 46.6 Å². The molecule has 4 unspecified atom stereocenters. The Morgan fingerprint density at radius 2 is 1.02 bits per heavy atom. The monoisotopic (exact) mass is 578 g/mol. The van der Waals surface area contributed by atoms with E-state index in [1.54, 1.807) is 6.92 Å². The van der Waals surface area contributed by atoms with Crippen LogP contribution in [-0.4, -0.2) is 46.3 Å². The molecule has 41 heavy (non-hydrogen) atoms. The zero-order chi connectivity index (χ0) is 32.1. The van der Waals surface area contributed by atoms with Crippen LogP contribution < -0.4 is 0 Å². The molecule has 0 aliphatic carbocycles. The van der Waals surface area contributed by atoms with E-state index in [1.165, 1.54) is 18.3 Å². The van der Waals surface area contributed by atoms with Crippen LogP contribution in [0.15, 0.2) is 46.6 Å². The van der Waals surface area contributed by atoms with E-state index in [2.05, 4.69) is 44.6 Å². The summed E-state index contributed by atoms with van der Waals surface area (Å²) in [6.45, 7) is 16.0. The molecule has 0 spiro atoms. The summed E-state index contributed by atoms with van der Waals surface area (Å²) in [6.07, 6.45) is 13.6. The normalized spacial score (nSPS) is 15.6. The van der Waals surface area contributed by atoms with Gasteiger partial charge in [0.25, 0.3) is 0 Å². The number of carboxylic acid groups (broad SMARTS) is 3. The molecule has 0 aliphatic heterocycles. The lowest BCUT2D eigenvalue weighted by Crippen LogP contribution is -2.24. The van der Waals surface area contributed by atoms with Crippen molar-refractivity contribution in [2.75, 3.05) is 7.11 Å². The highest BCUT2D eigenvalue weighted by molar-refractivity contribution is 5.79. The molecule has 0 radical (unpaired) electrons. The second kappa shape index (κ2) is 22.5. The van der Waals surface area contributed by atoms with E-state index in [-0.39, 0.29) is 24.7 Å². The SMILES string of the molecule is CC/C(C)=C/CC/C(C)=C/C(C)C(CC(=O)O)C(=O)O.CC/C(C)=C/CC/C(C)=C/C(C)C(CC(=O)OC)C(=O)O. The summed E-state index contributed by atoms with van der Waals surface area (Å²) in [7, 11) is 1.27. The van der Waals surface area contributed by atoms with E-state index in [0.29, 0.717) is 0 Å². The van der Waals surface area contributed by atoms with Gasteiger partial charge in [-0.2, -0.15) is 0 Å². The van der Waals surface area contributed by atoms with Crippen molar-refractivity contribution >= 4 is 23.9 Å². The maximum absolute atomic E-state index is 11.3. The van der Waals surface area contributed by atoms with Gasteiger partial charge in [-0.15, -0.1) is 0 Å². The van der Waals surface area contributed by atoms with Gasteiger partial charge in [-0.1, -0.05) is 74.3 Å². The molecule has 0 aromatic carbocycles. The van der Waals surface area contributed by atoms with Gasteiger partial charge in [-0.05, 0) is 78.1 Å². The largest absolute Gasteiger partial charge is 0.481 e. The van der Waals surface area contributed by atoms with Gasteiger partial charge in [-0.25, -0.2) is 0 Å². The Labute approximate surface area is 247 Å². The predicted molar refractivity (Wildman–Crippen MR) is 164 cm³/mol. The number of rotatable bonds is 18. The molecule has 0 saturated heterocycles. The van der Waals surface area contributed by atoms with Crippen LogP contribution in [0.1, 0.15) is 107 Å². The molecular formula is C33H54O8. The minimum atomic E-state index is -1.07. The number of allylic oxidation sites excluding steroid dienone is 8. The zero-order valence-electron chi connectivity index (χ0n) is 26.7. The lowest BCUT2D eigenvalue weighted by Gasteiger charge is -2.17. The van der Waals surface area contributed by atoms with Crippen LogP contribution in [0.2, 0.25) is 0 Å². The smallest absolute Gasteiger partial charge is 0.307 e. The number of carbonyl (C=O) groups excluding carboxylic acids is 1. The Bertz CT molecular complexity index is 954. The molecule has 0 aromatic rings. The van der Waals surface area contributed by atoms with Crippen molar-refractivity contribution in [2.45, 2.75) is 107 Å². The summed E-state index contributed by atoms with van der Waals surface area (Å²) in [4.78, 5) is 44.3. The fraction of sp³-hybridized carbons (Fsp3) is 0.636. The van der Waals surface area contributed by atoms with E-state index >= 15 is 0 Å². The van der Waals surface area contributed by atoms with Crippen molar-refractivity contribution in [3.8, 4) is 0 Å². The summed E-state index contributed by atoms with van der Waals surface area (Å²) >= 11 is 0. The number of carboxylic acids is 3. The van der Waals surface area contributed by atoms with Gasteiger partial charge in [0.2, 0.25) is 0 Å². The fourth-order valence-corrected chi connectivity index (χ4v) is 4.12. The third-order valence-electron chi connectivity index (χ3n) is 7.19. The van der Waals surface area contributed by atoms with Gasteiger partial charge >= 0.3 is 23.9 Å². The Kier molecular flexibility index (Phi) is 22.0. The molecule has 0 rings (SSSR count). The molecule has 234 valence electrons. The lowest BCUT2D eigenvalue weighted by atomic mass is 9.89. The molecule has 8 heteroatoms. The summed E-state index contributed by atoms with van der Waals surface area (Å²) in [5.74, 6) is -5.64. The van der Waals surface area contributed by atoms with Crippen molar-refractivity contribution in [3.63, 3.8) is 0 Å². The van der Waals surface area contributed by atoms with Crippen molar-refractivity contribution < 1.29 is 39.2 Å². The summed E-state index contributed by atoms with van der Waals surface area (Å²) in [5.41, 5.74) is 4.97. The van der Waals surface area contributed by atoms with Crippen LogP contribution in [-0.2, 0) is 23.9 Å². The van der Waals surface area contributed by atoms with E-state index in [4.69, 9.17) is 10.2 Å². The number of hydrogen-bond donors (Lipinski definition) is 3. The highest BCUT2D eigenvalue weighted by Crippen LogP contribution is 2.22. The number of carbonyl (C=O) groups is 4. The molecule has 0 fully saturated rings. The molecule has 8 nitrogen and oxygen atoms in total. The molecule has 3 N–H and O–H groups in total. The second-order valence-corrected chi connectivity index (χ2v) is 10.9. The molecule has 0 saturated carbocycles. The number of aliphatic carboxylic acids is 3. The molecular weight excluding hydrogens is 524 g/mol. The number of ether oxygens (including phenoxy) is 1. The number of methoxy groups -OCH3 is 1. The minimum absolute atomic E-state index is 0.0916. The summed E-state index contributed by atoms with van der Waals surface area (Å²) in [6, 6.07) is 0. The van der Waals surface area contributed by atoms with Gasteiger partial charge in [0.05, 0.1) is 31.8 Å². The fourth-order valence-electron chi connectivity index (χ4n) is 4.12. The van der Waals surface area contributed by atoms with Crippen molar-refractivity contribution in [2.24, 2.45) is 23.7 Å². The van der Waals surface area contributed by atoms with Crippen LogP contribution in [0.3, 0.4) is 0 Å². The van der Waals surface area contributed by atoms with Gasteiger partial charge in [0.1, 0.15) is 0 Å². The molecule has 0 aromatic heterocycles. The first-order chi connectivity index (χ1) is 19.1. The van der Waals surface area contributed by atoms with Crippen LogP contribution in [0.5, 0.6) is 0 Å². The zero-order valence-corrected chi connectivity index (χ0v) is 26.7. The van der Waals surface area contributed by atoms with Crippen LogP contribution in [0.25, 0.3) is 0 Å². The number of hydrogen-bond acceptors (Lipinski definition) is 5. The van der Waals surface area contributed by atoms with Gasteiger partial charge < -0.3 is 20.1 Å². The first kappa shape index (κ1) is 40.0. The average molecular weight is 579 g/mol. The van der Waals surface area contributed by atoms with E-state index < -0.39 is 35.7 Å². The first-order valence-electron chi connectivity index (χ1n) is 14.5. The topological polar surface area (TPSA) is 138 Å². The Morgan fingerprint density at radius 3 is 1.32 bits per heavy atom. The third kappa shape index (κ3) is 20.4. The Balaban J connectivity index is 0. The van der Waals surface area contributed by atoms with Gasteiger partial charge in [-0.3, -0.25) is 19.2 Å². The van der Waals surface area contributed by atoms with Crippen molar-refractivity contribution in [1.82, 2.24) is 0 Å². The van der Waals surface area contributed by atoms with Gasteiger partial charge in [0, 0.05) is 0 Å². The Hall–Kier alpha value is -3.16. The quantitative estimate of drug-likeness (QED) is 0.110. The molecule has 0 aliphatic rings. The van der Waals surface area contributed by atoms with E-state index in [1.807, 2.05) is 32.9 Å². The summed E-state index contributed by atoms with van der Waals surface area (Å²) < 4.78 is 4.56. The summed E-state index contributed by atoms with van der Waals surface area (Å²) in [5, 5.41) is 27.1. The van der Waals surface area contributed by atoms with Crippen LogP contribution in [0.4, 0.5) is 0 Å². The Morgan fingerprint density at radius 1 is 0.659 bits per heavy atom. The maximum atomic E-state index is 11.3. The highest BCUT2D eigenvalue weighted by Gasteiger charge is 2.27. The first-order valence-corrected chi connectivity index (χ1v) is 14.5. The van der Waals surface area contributed by atoms with E-state index in [9.17, 15) is 24.3 Å². The maximum Gasteiger partial charge on any atom is 0.307 e. The number of esters is 1. The molecule has 0 bridgehead atoms. The van der Waals surface area contributed by atoms with Crippen LogP contribution in [0, 0.1) is 23.7 Å². The standard InChI is InChI=1S/C17H28O4.C16H26O4/c1-6-12(2)8-7-9-13(3)10-14(4)15(17(19)20)11-16(18)21-5;1-5-11(2)7-6-8-12(3)9-13(4)14(16(19)20)10-15(17)18/h8,10,14-15H,6-7,9,11H2,1-5H3,(H,19,20);7,9,13-14H,5-6,8,10H2,1-4H3,(H,17,18)(H,19,20)/b12-8+,13-10+;11-7+,12-9+. The highest BCUT2D eigenvalue weighted by atomic mass is 16.5. The lowest BCUT2D eigenvalue weighted by molar-refractivity contribution is -0.151. The molecule has 4 atom stereocenters.